The van der Waals surface area contributed by atoms with Gasteiger partial charge in [0.1, 0.15) is 0 Å². The standard InChI is InChI=1S/C15H22O/c1-11-8-12(2)14(13(3)9-11)4-5-15(10-16)6-7-15/h8-9,16H,4-7,10H2,1-3H3. The van der Waals surface area contributed by atoms with Crippen LogP contribution in [-0.4, -0.2) is 11.7 Å². The molecule has 0 radical (unpaired) electrons. The highest BCUT2D eigenvalue weighted by Crippen LogP contribution is 2.49. The van der Waals surface area contributed by atoms with Crippen molar-refractivity contribution >= 4 is 0 Å². The van der Waals surface area contributed by atoms with E-state index in [0.717, 1.165) is 12.8 Å². The Morgan fingerprint density at radius 2 is 1.69 bits per heavy atom. The molecular formula is C15H22O. The second kappa shape index (κ2) is 4.21. The Bertz CT molecular complexity index is 365. The molecule has 1 heteroatoms. The lowest BCUT2D eigenvalue weighted by Gasteiger charge is -2.15. The molecule has 1 aromatic rings. The van der Waals surface area contributed by atoms with E-state index in [1.54, 1.807) is 0 Å². The summed E-state index contributed by atoms with van der Waals surface area (Å²) in [6, 6.07) is 4.53. The van der Waals surface area contributed by atoms with Crippen molar-refractivity contribution in [3.63, 3.8) is 0 Å². The van der Waals surface area contributed by atoms with Crippen molar-refractivity contribution in [1.82, 2.24) is 0 Å². The van der Waals surface area contributed by atoms with Gasteiger partial charge in [0, 0.05) is 6.61 Å². The molecule has 1 nitrogen and oxygen atoms in total. The summed E-state index contributed by atoms with van der Waals surface area (Å²) in [5.74, 6) is 0. The Morgan fingerprint density at radius 1 is 1.12 bits per heavy atom. The van der Waals surface area contributed by atoms with Gasteiger partial charge in [-0.05, 0) is 68.6 Å². The molecule has 0 aliphatic heterocycles. The van der Waals surface area contributed by atoms with Crippen LogP contribution >= 0.6 is 0 Å². The molecule has 0 aromatic heterocycles. The minimum atomic E-state index is 0.282. The SMILES string of the molecule is Cc1cc(C)c(CCC2(CO)CC2)c(C)c1. The van der Waals surface area contributed by atoms with Crippen LogP contribution in [0.15, 0.2) is 12.1 Å². The zero-order chi connectivity index (χ0) is 11.8. The minimum Gasteiger partial charge on any atom is -0.396 e. The second-order valence-corrected chi connectivity index (χ2v) is 5.54. The van der Waals surface area contributed by atoms with E-state index in [4.69, 9.17) is 0 Å². The van der Waals surface area contributed by atoms with E-state index >= 15 is 0 Å². The van der Waals surface area contributed by atoms with Gasteiger partial charge in [0.25, 0.3) is 0 Å². The van der Waals surface area contributed by atoms with Crippen molar-refractivity contribution in [2.24, 2.45) is 5.41 Å². The third kappa shape index (κ3) is 2.30. The molecule has 0 atom stereocenters. The zero-order valence-corrected chi connectivity index (χ0v) is 10.6. The fourth-order valence-electron chi connectivity index (χ4n) is 2.66. The number of rotatable bonds is 4. The summed E-state index contributed by atoms with van der Waals surface area (Å²) < 4.78 is 0. The van der Waals surface area contributed by atoms with Crippen molar-refractivity contribution in [2.45, 2.75) is 46.5 Å². The number of hydrogen-bond donors (Lipinski definition) is 1. The van der Waals surface area contributed by atoms with Crippen LogP contribution in [0.5, 0.6) is 0 Å². The van der Waals surface area contributed by atoms with Crippen molar-refractivity contribution in [3.05, 3.63) is 34.4 Å². The number of aryl methyl sites for hydroxylation is 3. The van der Waals surface area contributed by atoms with Crippen LogP contribution in [0.3, 0.4) is 0 Å². The second-order valence-electron chi connectivity index (χ2n) is 5.54. The maximum atomic E-state index is 9.32. The first-order chi connectivity index (χ1) is 7.56. The van der Waals surface area contributed by atoms with Gasteiger partial charge in [-0.1, -0.05) is 17.7 Å². The Labute approximate surface area is 98.5 Å². The molecule has 0 saturated heterocycles. The van der Waals surface area contributed by atoms with E-state index in [-0.39, 0.29) is 5.41 Å². The van der Waals surface area contributed by atoms with Crippen LogP contribution in [0.1, 0.15) is 41.5 Å². The number of hydrogen-bond acceptors (Lipinski definition) is 1. The fourth-order valence-corrected chi connectivity index (χ4v) is 2.66. The van der Waals surface area contributed by atoms with Crippen molar-refractivity contribution < 1.29 is 5.11 Å². The maximum Gasteiger partial charge on any atom is 0.0487 e. The first-order valence-electron chi connectivity index (χ1n) is 6.24. The molecule has 16 heavy (non-hydrogen) atoms. The van der Waals surface area contributed by atoms with Gasteiger partial charge >= 0.3 is 0 Å². The fraction of sp³-hybridized carbons (Fsp3) is 0.600. The van der Waals surface area contributed by atoms with Gasteiger partial charge in [-0.3, -0.25) is 0 Å². The van der Waals surface area contributed by atoms with E-state index in [1.807, 2.05) is 0 Å². The van der Waals surface area contributed by atoms with Crippen molar-refractivity contribution in [1.29, 1.82) is 0 Å². The summed E-state index contributed by atoms with van der Waals surface area (Å²) in [5, 5.41) is 9.32. The Kier molecular flexibility index (Phi) is 3.07. The summed E-state index contributed by atoms with van der Waals surface area (Å²) in [4.78, 5) is 0. The van der Waals surface area contributed by atoms with Crippen LogP contribution in [0.25, 0.3) is 0 Å². The summed E-state index contributed by atoms with van der Waals surface area (Å²) in [6.07, 6.45) is 4.70. The average Bonchev–Trinajstić information content (AvgIpc) is 2.97. The van der Waals surface area contributed by atoms with Gasteiger partial charge < -0.3 is 5.11 Å². The zero-order valence-electron chi connectivity index (χ0n) is 10.6. The van der Waals surface area contributed by atoms with Crippen LogP contribution in [-0.2, 0) is 6.42 Å². The van der Waals surface area contributed by atoms with Crippen LogP contribution in [0, 0.1) is 26.2 Å². The Morgan fingerprint density at radius 3 is 2.12 bits per heavy atom. The summed E-state index contributed by atoms with van der Waals surface area (Å²) >= 11 is 0. The highest BCUT2D eigenvalue weighted by atomic mass is 16.3. The van der Waals surface area contributed by atoms with E-state index in [2.05, 4.69) is 32.9 Å². The quantitative estimate of drug-likeness (QED) is 0.822. The Hall–Kier alpha value is -0.820. The van der Waals surface area contributed by atoms with Gasteiger partial charge in [-0.2, -0.15) is 0 Å². The first kappa shape index (κ1) is 11.7. The summed E-state index contributed by atoms with van der Waals surface area (Å²) in [6.45, 7) is 6.93. The van der Waals surface area contributed by atoms with Crippen LogP contribution in [0.4, 0.5) is 0 Å². The van der Waals surface area contributed by atoms with E-state index < -0.39 is 0 Å². The molecule has 1 aliphatic rings. The molecule has 88 valence electrons. The molecule has 1 saturated carbocycles. The molecule has 1 aliphatic carbocycles. The normalized spacial score (nSPS) is 17.5. The largest absolute Gasteiger partial charge is 0.396 e. The van der Waals surface area contributed by atoms with Crippen LogP contribution in [0.2, 0.25) is 0 Å². The van der Waals surface area contributed by atoms with Crippen LogP contribution < -0.4 is 0 Å². The highest BCUT2D eigenvalue weighted by molar-refractivity contribution is 5.37. The van der Waals surface area contributed by atoms with Gasteiger partial charge in [0.15, 0.2) is 0 Å². The van der Waals surface area contributed by atoms with Gasteiger partial charge in [0.05, 0.1) is 0 Å². The first-order valence-corrected chi connectivity index (χ1v) is 6.24. The van der Waals surface area contributed by atoms with Gasteiger partial charge in [0.2, 0.25) is 0 Å². The number of aliphatic hydroxyl groups is 1. The van der Waals surface area contributed by atoms with E-state index in [0.29, 0.717) is 6.61 Å². The lowest BCUT2D eigenvalue weighted by atomic mass is 9.91. The molecular weight excluding hydrogens is 196 g/mol. The van der Waals surface area contributed by atoms with E-state index in [1.165, 1.54) is 35.1 Å². The smallest absolute Gasteiger partial charge is 0.0487 e. The number of benzene rings is 1. The molecule has 0 amide bonds. The van der Waals surface area contributed by atoms with Crippen molar-refractivity contribution in [2.75, 3.05) is 6.61 Å². The molecule has 1 N–H and O–H groups in total. The molecule has 0 heterocycles. The van der Waals surface area contributed by atoms with Crippen molar-refractivity contribution in [3.8, 4) is 0 Å². The molecule has 2 rings (SSSR count). The molecule has 1 aromatic carbocycles. The Balaban J connectivity index is 2.09. The monoisotopic (exact) mass is 218 g/mol. The predicted octanol–water partition coefficient (Wildman–Crippen LogP) is 3.32. The molecule has 0 unspecified atom stereocenters. The van der Waals surface area contributed by atoms with Gasteiger partial charge in [-0.15, -0.1) is 0 Å². The van der Waals surface area contributed by atoms with E-state index in [9.17, 15) is 5.11 Å². The molecule has 0 bridgehead atoms. The predicted molar refractivity (Wildman–Crippen MR) is 67.7 cm³/mol. The van der Waals surface area contributed by atoms with Gasteiger partial charge in [-0.25, -0.2) is 0 Å². The summed E-state index contributed by atoms with van der Waals surface area (Å²) in [5.41, 5.74) is 5.94. The maximum absolute atomic E-state index is 9.32. The lowest BCUT2D eigenvalue weighted by Crippen LogP contribution is -2.09. The minimum absolute atomic E-state index is 0.282. The number of aliphatic hydroxyl groups excluding tert-OH is 1. The highest BCUT2D eigenvalue weighted by Gasteiger charge is 2.41. The third-order valence-electron chi connectivity index (χ3n) is 4.04. The summed E-state index contributed by atoms with van der Waals surface area (Å²) in [7, 11) is 0. The third-order valence-corrected chi connectivity index (χ3v) is 4.04. The average molecular weight is 218 g/mol. The molecule has 1 fully saturated rings. The topological polar surface area (TPSA) is 20.2 Å². The lowest BCUT2D eigenvalue weighted by molar-refractivity contribution is 0.203. The molecule has 0 spiro atoms.